The van der Waals surface area contributed by atoms with Crippen LogP contribution in [-0.4, -0.2) is 53.7 Å². The molecule has 1 aliphatic heterocycles. The van der Waals surface area contributed by atoms with Gasteiger partial charge in [-0.2, -0.15) is 9.61 Å². The Bertz CT molecular complexity index is 1360. The number of hydrogen-bond donors (Lipinski definition) is 3. The first-order valence-electron chi connectivity index (χ1n) is 12.2. The van der Waals surface area contributed by atoms with Crippen molar-refractivity contribution in [3.05, 3.63) is 77.4 Å². The molecule has 3 N–H and O–H groups in total. The molecule has 0 bridgehead atoms. The number of hydrogen-bond acceptors (Lipinski definition) is 7. The van der Waals surface area contributed by atoms with E-state index in [2.05, 4.69) is 21.5 Å². The number of fused-ring (bicyclic) bond motifs is 1. The Hall–Kier alpha value is -4.14. The fourth-order valence-electron chi connectivity index (χ4n) is 4.68. The molecule has 4 aromatic rings. The van der Waals surface area contributed by atoms with Crippen molar-refractivity contribution in [2.75, 3.05) is 18.4 Å². The number of amides is 1. The van der Waals surface area contributed by atoms with Gasteiger partial charge in [0, 0.05) is 61.7 Å². The summed E-state index contributed by atoms with van der Waals surface area (Å²) in [6.07, 6.45) is 8.04. The van der Waals surface area contributed by atoms with Gasteiger partial charge < -0.3 is 20.4 Å². The molecule has 0 unspecified atom stereocenters. The number of nitrogens with zero attached hydrogens (tertiary/aromatic N) is 5. The summed E-state index contributed by atoms with van der Waals surface area (Å²) in [6, 6.07) is 10.7. The Kier molecular flexibility index (Phi) is 6.71. The topological polar surface area (TPSA) is 116 Å². The molecule has 1 aliphatic rings. The van der Waals surface area contributed by atoms with Gasteiger partial charge in [0.2, 0.25) is 5.91 Å². The Morgan fingerprint density at radius 3 is 2.67 bits per heavy atom. The number of aromatic nitrogens is 4. The average molecular weight is 487 g/mol. The Morgan fingerprint density at radius 2 is 1.92 bits per heavy atom. The minimum Gasteiger partial charge on any atom is -0.504 e. The highest BCUT2D eigenvalue weighted by Crippen LogP contribution is 2.30. The van der Waals surface area contributed by atoms with E-state index in [-0.39, 0.29) is 23.3 Å². The molecule has 0 spiro atoms. The molecular formula is C27H30N6O3. The van der Waals surface area contributed by atoms with Crippen LogP contribution in [0.2, 0.25) is 0 Å². The van der Waals surface area contributed by atoms with Gasteiger partial charge in [0.05, 0.1) is 6.20 Å². The molecule has 1 aromatic carbocycles. The lowest BCUT2D eigenvalue weighted by Gasteiger charge is -2.32. The SMILES string of the molecule is Cc1cnn2c(NCc3cccnc3)cc(C3CCN(C(=O)CCc4ccc(O)c(O)c4)CC3)nc12. The summed E-state index contributed by atoms with van der Waals surface area (Å²) in [5, 5.41) is 27.1. The van der Waals surface area contributed by atoms with Crippen molar-refractivity contribution >= 4 is 17.4 Å². The van der Waals surface area contributed by atoms with Crippen LogP contribution in [0.15, 0.2) is 55.0 Å². The fraction of sp³-hybridized carbons (Fsp3) is 0.333. The van der Waals surface area contributed by atoms with Crippen molar-refractivity contribution in [2.24, 2.45) is 0 Å². The number of carbonyl (C=O) groups is 1. The molecule has 9 nitrogen and oxygen atoms in total. The maximum Gasteiger partial charge on any atom is 0.222 e. The van der Waals surface area contributed by atoms with Crippen LogP contribution in [0.25, 0.3) is 5.65 Å². The number of nitrogens with one attached hydrogen (secondary N) is 1. The third kappa shape index (κ3) is 5.10. The largest absolute Gasteiger partial charge is 0.504 e. The normalized spacial score (nSPS) is 14.3. The zero-order valence-corrected chi connectivity index (χ0v) is 20.3. The van der Waals surface area contributed by atoms with Gasteiger partial charge in [0.1, 0.15) is 5.82 Å². The van der Waals surface area contributed by atoms with Crippen LogP contribution in [0.1, 0.15) is 47.6 Å². The van der Waals surface area contributed by atoms with E-state index in [1.807, 2.05) is 40.9 Å². The predicted octanol–water partition coefficient (Wildman–Crippen LogP) is 3.79. The molecule has 5 rings (SSSR count). The van der Waals surface area contributed by atoms with Gasteiger partial charge in [0.15, 0.2) is 17.1 Å². The Balaban J connectivity index is 1.23. The summed E-state index contributed by atoms with van der Waals surface area (Å²) >= 11 is 0. The summed E-state index contributed by atoms with van der Waals surface area (Å²) in [5.41, 5.74) is 4.80. The first-order valence-corrected chi connectivity index (χ1v) is 12.2. The number of rotatable bonds is 7. The van der Waals surface area contributed by atoms with Crippen LogP contribution in [0, 0.1) is 6.92 Å². The smallest absolute Gasteiger partial charge is 0.222 e. The zero-order valence-electron chi connectivity index (χ0n) is 20.3. The number of likely N-dealkylation sites (tertiary alicyclic amines) is 1. The maximum atomic E-state index is 12.8. The monoisotopic (exact) mass is 486 g/mol. The van der Waals surface area contributed by atoms with Crippen molar-refractivity contribution in [2.45, 2.75) is 45.1 Å². The number of piperidine rings is 1. The van der Waals surface area contributed by atoms with Crippen LogP contribution in [0.5, 0.6) is 11.5 Å². The lowest BCUT2D eigenvalue weighted by molar-refractivity contribution is -0.132. The van der Waals surface area contributed by atoms with Gasteiger partial charge in [-0.25, -0.2) is 4.98 Å². The number of anilines is 1. The van der Waals surface area contributed by atoms with E-state index in [1.54, 1.807) is 12.3 Å². The molecule has 186 valence electrons. The number of phenols is 2. The lowest BCUT2D eigenvalue weighted by Crippen LogP contribution is -2.38. The molecule has 0 atom stereocenters. The highest BCUT2D eigenvalue weighted by atomic mass is 16.3. The number of aromatic hydroxyl groups is 2. The van der Waals surface area contributed by atoms with E-state index >= 15 is 0 Å². The minimum atomic E-state index is -0.159. The van der Waals surface area contributed by atoms with Crippen LogP contribution in [0.4, 0.5) is 5.82 Å². The van der Waals surface area contributed by atoms with Crippen molar-refractivity contribution in [1.29, 1.82) is 0 Å². The van der Waals surface area contributed by atoms with E-state index in [1.165, 1.54) is 12.1 Å². The zero-order chi connectivity index (χ0) is 25.1. The number of aryl methyl sites for hydroxylation is 2. The first kappa shape index (κ1) is 23.6. The van der Waals surface area contributed by atoms with Crippen molar-refractivity contribution < 1.29 is 15.0 Å². The van der Waals surface area contributed by atoms with Gasteiger partial charge in [-0.1, -0.05) is 12.1 Å². The van der Waals surface area contributed by atoms with E-state index < -0.39 is 0 Å². The fourth-order valence-corrected chi connectivity index (χ4v) is 4.68. The molecule has 4 heterocycles. The minimum absolute atomic E-state index is 0.106. The standard InChI is InChI=1S/C27H30N6O3/c1-18-15-30-33-25(29-17-20-3-2-10-28-16-20)14-22(31-27(18)33)21-8-11-32(12-9-21)26(36)7-5-19-4-6-23(34)24(35)13-19/h2-4,6,10,13-16,21,29,34-35H,5,7-9,11-12,17H2,1H3. The van der Waals surface area contributed by atoms with Gasteiger partial charge in [-0.05, 0) is 55.5 Å². The third-order valence-electron chi connectivity index (χ3n) is 6.80. The first-order chi connectivity index (χ1) is 17.5. The Morgan fingerprint density at radius 1 is 1.08 bits per heavy atom. The number of pyridine rings is 1. The second-order valence-corrected chi connectivity index (χ2v) is 9.32. The summed E-state index contributed by atoms with van der Waals surface area (Å²) in [5.74, 6) is 0.951. The molecule has 0 aliphatic carbocycles. The molecule has 3 aromatic heterocycles. The van der Waals surface area contributed by atoms with Crippen LogP contribution in [0.3, 0.4) is 0 Å². The lowest BCUT2D eigenvalue weighted by atomic mass is 9.92. The number of carbonyl (C=O) groups excluding carboxylic acids is 1. The second kappa shape index (κ2) is 10.2. The van der Waals surface area contributed by atoms with Crippen molar-refractivity contribution in [3.8, 4) is 11.5 Å². The van der Waals surface area contributed by atoms with Gasteiger partial charge >= 0.3 is 0 Å². The molecule has 9 heteroatoms. The number of benzene rings is 1. The van der Waals surface area contributed by atoms with Crippen LogP contribution < -0.4 is 5.32 Å². The third-order valence-corrected chi connectivity index (χ3v) is 6.80. The Labute approximate surface area is 209 Å². The van der Waals surface area contributed by atoms with Gasteiger partial charge in [-0.3, -0.25) is 9.78 Å². The molecule has 1 saturated heterocycles. The highest BCUT2D eigenvalue weighted by Gasteiger charge is 2.26. The molecule has 36 heavy (non-hydrogen) atoms. The molecular weight excluding hydrogens is 456 g/mol. The molecule has 0 saturated carbocycles. The summed E-state index contributed by atoms with van der Waals surface area (Å²) in [4.78, 5) is 23.8. The summed E-state index contributed by atoms with van der Waals surface area (Å²) in [7, 11) is 0. The predicted molar refractivity (Wildman–Crippen MR) is 136 cm³/mol. The summed E-state index contributed by atoms with van der Waals surface area (Å²) < 4.78 is 1.84. The molecule has 1 amide bonds. The highest BCUT2D eigenvalue weighted by molar-refractivity contribution is 5.76. The quantitative estimate of drug-likeness (QED) is 0.340. The number of phenolic OH excluding ortho intramolecular Hbond substituents is 2. The molecule has 0 radical (unpaired) electrons. The average Bonchev–Trinajstić information content (AvgIpc) is 3.29. The van der Waals surface area contributed by atoms with Crippen LogP contribution in [-0.2, 0) is 17.8 Å². The maximum absolute atomic E-state index is 12.8. The summed E-state index contributed by atoms with van der Waals surface area (Å²) in [6.45, 7) is 4.03. The van der Waals surface area contributed by atoms with Crippen LogP contribution >= 0.6 is 0 Å². The van der Waals surface area contributed by atoms with E-state index in [4.69, 9.17) is 4.98 Å². The molecule has 1 fully saturated rings. The van der Waals surface area contributed by atoms with Gasteiger partial charge in [0.25, 0.3) is 0 Å². The van der Waals surface area contributed by atoms with E-state index in [0.29, 0.717) is 32.5 Å². The van der Waals surface area contributed by atoms with E-state index in [0.717, 1.165) is 46.7 Å². The van der Waals surface area contributed by atoms with Gasteiger partial charge in [-0.15, -0.1) is 0 Å². The second-order valence-electron chi connectivity index (χ2n) is 9.32. The van der Waals surface area contributed by atoms with Crippen molar-refractivity contribution in [3.63, 3.8) is 0 Å². The van der Waals surface area contributed by atoms with E-state index in [9.17, 15) is 15.0 Å². The van der Waals surface area contributed by atoms with Crippen molar-refractivity contribution in [1.82, 2.24) is 24.5 Å².